The highest BCUT2D eigenvalue weighted by Crippen LogP contribution is 2.27. The monoisotopic (exact) mass is 285 g/mol. The lowest BCUT2D eigenvalue weighted by molar-refractivity contribution is -0.391. The SMILES string of the molecule is Cc1nnc(C(S)Cc2ncc([N+](=O)[O-])n2C)s1. The van der Waals surface area contributed by atoms with Crippen LogP contribution in [0.4, 0.5) is 5.82 Å². The Balaban J connectivity index is 2.17. The molecule has 1 atom stereocenters. The fourth-order valence-corrected chi connectivity index (χ4v) is 2.56. The Hall–Kier alpha value is -1.48. The van der Waals surface area contributed by atoms with E-state index in [0.717, 1.165) is 10.0 Å². The fourth-order valence-electron chi connectivity index (χ4n) is 1.50. The van der Waals surface area contributed by atoms with Gasteiger partial charge in [0.15, 0.2) is 5.82 Å². The van der Waals surface area contributed by atoms with Gasteiger partial charge >= 0.3 is 5.82 Å². The van der Waals surface area contributed by atoms with Crippen LogP contribution in [0.2, 0.25) is 0 Å². The van der Waals surface area contributed by atoms with Crippen LogP contribution in [0.5, 0.6) is 0 Å². The van der Waals surface area contributed by atoms with Gasteiger partial charge in [0.05, 0.1) is 12.3 Å². The van der Waals surface area contributed by atoms with Gasteiger partial charge in [0.1, 0.15) is 16.2 Å². The molecule has 0 amide bonds. The minimum atomic E-state index is -0.459. The van der Waals surface area contributed by atoms with Crippen LogP contribution in [-0.2, 0) is 13.5 Å². The third-order valence-electron chi connectivity index (χ3n) is 2.45. The Morgan fingerprint density at radius 1 is 1.61 bits per heavy atom. The van der Waals surface area contributed by atoms with E-state index in [2.05, 4.69) is 27.8 Å². The third-order valence-corrected chi connectivity index (χ3v) is 4.00. The van der Waals surface area contributed by atoms with E-state index >= 15 is 0 Å². The van der Waals surface area contributed by atoms with E-state index < -0.39 is 4.92 Å². The maximum Gasteiger partial charge on any atom is 0.342 e. The highest BCUT2D eigenvalue weighted by molar-refractivity contribution is 7.80. The molecule has 0 aliphatic heterocycles. The van der Waals surface area contributed by atoms with Crippen molar-refractivity contribution >= 4 is 29.8 Å². The van der Waals surface area contributed by atoms with Crippen molar-refractivity contribution in [1.29, 1.82) is 0 Å². The second-order valence-electron chi connectivity index (χ2n) is 3.73. The molecule has 7 nitrogen and oxygen atoms in total. The molecule has 2 rings (SSSR count). The van der Waals surface area contributed by atoms with Crippen LogP contribution in [0.15, 0.2) is 6.20 Å². The number of thiol groups is 1. The molecule has 9 heteroatoms. The van der Waals surface area contributed by atoms with Crippen molar-refractivity contribution in [2.45, 2.75) is 18.6 Å². The van der Waals surface area contributed by atoms with Crippen molar-refractivity contribution in [3.8, 4) is 0 Å². The van der Waals surface area contributed by atoms with Crippen LogP contribution in [0.25, 0.3) is 0 Å². The number of aryl methyl sites for hydroxylation is 1. The van der Waals surface area contributed by atoms with Gasteiger partial charge in [-0.15, -0.1) is 21.5 Å². The number of hydrogen-bond donors (Lipinski definition) is 1. The first-order chi connectivity index (χ1) is 8.49. The number of nitrogens with zero attached hydrogens (tertiary/aromatic N) is 5. The van der Waals surface area contributed by atoms with E-state index in [1.807, 2.05) is 6.92 Å². The van der Waals surface area contributed by atoms with Crippen molar-refractivity contribution in [3.63, 3.8) is 0 Å². The summed E-state index contributed by atoms with van der Waals surface area (Å²) in [6.45, 7) is 1.87. The molecule has 2 aromatic rings. The number of rotatable bonds is 4. The molecule has 0 aliphatic carbocycles. The molecule has 0 bridgehead atoms. The molecule has 0 aliphatic rings. The van der Waals surface area contributed by atoms with Crippen LogP contribution in [0.1, 0.15) is 21.1 Å². The van der Waals surface area contributed by atoms with Crippen molar-refractivity contribution in [2.24, 2.45) is 7.05 Å². The van der Waals surface area contributed by atoms with Gasteiger partial charge in [0.2, 0.25) is 0 Å². The fraction of sp³-hybridized carbons (Fsp3) is 0.444. The number of nitro groups is 1. The summed E-state index contributed by atoms with van der Waals surface area (Å²) in [6.07, 6.45) is 1.73. The predicted octanol–water partition coefficient (Wildman–Crippen LogP) is 1.70. The van der Waals surface area contributed by atoms with Gasteiger partial charge in [-0.1, -0.05) is 0 Å². The third kappa shape index (κ3) is 2.51. The molecule has 0 saturated heterocycles. The molecule has 0 radical (unpaired) electrons. The van der Waals surface area contributed by atoms with Crippen molar-refractivity contribution in [2.75, 3.05) is 0 Å². The summed E-state index contributed by atoms with van der Waals surface area (Å²) in [5, 5.41) is 20.1. The molecule has 0 N–H and O–H groups in total. The zero-order valence-electron chi connectivity index (χ0n) is 9.77. The lowest BCUT2D eigenvalue weighted by Crippen LogP contribution is -2.05. The molecule has 1 unspecified atom stereocenters. The maximum atomic E-state index is 10.7. The Labute approximate surface area is 112 Å². The number of imidazole rings is 1. The molecule has 0 saturated carbocycles. The Morgan fingerprint density at radius 2 is 2.33 bits per heavy atom. The highest BCUT2D eigenvalue weighted by atomic mass is 32.1. The summed E-state index contributed by atoms with van der Waals surface area (Å²) in [7, 11) is 1.62. The van der Waals surface area contributed by atoms with Gasteiger partial charge in [0, 0.05) is 6.42 Å². The molecule has 0 fully saturated rings. The number of hydrogen-bond acceptors (Lipinski definition) is 7. The highest BCUT2D eigenvalue weighted by Gasteiger charge is 2.21. The van der Waals surface area contributed by atoms with E-state index in [1.54, 1.807) is 7.05 Å². The second-order valence-corrected chi connectivity index (χ2v) is 5.56. The lowest BCUT2D eigenvalue weighted by atomic mass is 10.3. The van der Waals surface area contributed by atoms with Gasteiger partial charge in [-0.05, 0) is 11.8 Å². The normalized spacial score (nSPS) is 12.6. The Kier molecular flexibility index (Phi) is 3.62. The van der Waals surface area contributed by atoms with Crippen molar-refractivity contribution in [3.05, 3.63) is 32.2 Å². The topological polar surface area (TPSA) is 86.7 Å². The van der Waals surface area contributed by atoms with Crippen LogP contribution < -0.4 is 0 Å². The molecule has 0 aromatic carbocycles. The first kappa shape index (κ1) is 13.0. The van der Waals surface area contributed by atoms with Crippen LogP contribution in [0.3, 0.4) is 0 Å². The summed E-state index contributed by atoms with van der Waals surface area (Å²) >= 11 is 5.90. The zero-order valence-corrected chi connectivity index (χ0v) is 11.5. The standard InChI is InChI=1S/C9H11N5O2S2/c1-5-11-12-9(18-5)6(17)3-7-10-4-8(13(7)2)14(15)16/h4,6,17H,3H2,1-2H3. The van der Waals surface area contributed by atoms with E-state index in [4.69, 9.17) is 0 Å². The smallest absolute Gasteiger partial charge is 0.342 e. The largest absolute Gasteiger partial charge is 0.358 e. The van der Waals surface area contributed by atoms with Crippen LogP contribution in [0, 0.1) is 17.0 Å². The summed E-state index contributed by atoms with van der Waals surface area (Å²) in [5.74, 6) is 0.577. The molecular weight excluding hydrogens is 274 g/mol. The minimum Gasteiger partial charge on any atom is -0.358 e. The van der Waals surface area contributed by atoms with E-state index in [-0.39, 0.29) is 11.1 Å². The minimum absolute atomic E-state index is 0.0287. The van der Waals surface area contributed by atoms with E-state index in [0.29, 0.717) is 12.2 Å². The summed E-state index contributed by atoms with van der Waals surface area (Å²) in [4.78, 5) is 14.3. The summed E-state index contributed by atoms with van der Waals surface area (Å²) in [6, 6.07) is 0. The molecule has 18 heavy (non-hydrogen) atoms. The first-order valence-corrected chi connectivity index (χ1v) is 6.45. The van der Waals surface area contributed by atoms with Gasteiger partial charge in [-0.25, -0.2) is 9.55 Å². The van der Waals surface area contributed by atoms with Crippen LogP contribution >= 0.6 is 24.0 Å². The van der Waals surface area contributed by atoms with Crippen molar-refractivity contribution < 1.29 is 4.92 Å². The van der Waals surface area contributed by atoms with Crippen molar-refractivity contribution in [1.82, 2.24) is 19.7 Å². The second kappa shape index (κ2) is 5.02. The Morgan fingerprint density at radius 3 is 2.83 bits per heavy atom. The van der Waals surface area contributed by atoms with Gasteiger partial charge in [-0.3, -0.25) is 0 Å². The molecule has 2 aromatic heterocycles. The average molecular weight is 285 g/mol. The van der Waals surface area contributed by atoms with E-state index in [9.17, 15) is 10.1 Å². The summed E-state index contributed by atoms with van der Waals surface area (Å²) in [5.41, 5.74) is 0. The lowest BCUT2D eigenvalue weighted by Gasteiger charge is -2.04. The average Bonchev–Trinajstić information content (AvgIpc) is 2.86. The quantitative estimate of drug-likeness (QED) is 0.525. The zero-order chi connectivity index (χ0) is 13.3. The van der Waals surface area contributed by atoms with E-state index in [1.165, 1.54) is 22.1 Å². The molecule has 96 valence electrons. The first-order valence-electron chi connectivity index (χ1n) is 5.12. The molecule has 0 spiro atoms. The molecule has 2 heterocycles. The van der Waals surface area contributed by atoms with Gasteiger partial charge < -0.3 is 10.1 Å². The summed E-state index contributed by atoms with van der Waals surface area (Å²) < 4.78 is 1.46. The van der Waals surface area contributed by atoms with Crippen LogP contribution in [-0.4, -0.2) is 24.7 Å². The van der Waals surface area contributed by atoms with Gasteiger partial charge in [-0.2, -0.15) is 12.6 Å². The molecular formula is C9H11N5O2S2. The maximum absolute atomic E-state index is 10.7. The predicted molar refractivity (Wildman–Crippen MR) is 69.9 cm³/mol. The number of aromatic nitrogens is 4. The van der Waals surface area contributed by atoms with Gasteiger partial charge in [0.25, 0.3) is 0 Å². The Bertz CT molecular complexity index is 579.